The standard InChI is InChI=1S/C26H29N3O6S/c1-29(2)36(32,33)20-9-7-8-19(17-20)25(30)28-22-11-6-5-10-21(22)26(31)27-15-14-18-12-13-23(34-3)24(16-18)35-4/h5-13,16-17H,14-15H2,1-4H3,(H,27,31)(H,28,30). The van der Waals surface area contributed by atoms with Crippen LogP contribution in [0.25, 0.3) is 0 Å². The molecule has 0 atom stereocenters. The van der Waals surface area contributed by atoms with Gasteiger partial charge in [0.1, 0.15) is 0 Å². The lowest BCUT2D eigenvalue weighted by Crippen LogP contribution is -2.27. The van der Waals surface area contributed by atoms with Gasteiger partial charge in [0.25, 0.3) is 11.8 Å². The lowest BCUT2D eigenvalue weighted by atomic mass is 10.1. The molecule has 10 heteroatoms. The number of para-hydroxylation sites is 1. The van der Waals surface area contributed by atoms with E-state index in [-0.39, 0.29) is 21.9 Å². The summed E-state index contributed by atoms with van der Waals surface area (Å²) >= 11 is 0. The van der Waals surface area contributed by atoms with Crippen molar-refractivity contribution >= 4 is 27.5 Å². The second-order valence-electron chi connectivity index (χ2n) is 8.01. The van der Waals surface area contributed by atoms with Crippen molar-refractivity contribution in [3.63, 3.8) is 0 Å². The molecule has 0 aliphatic heterocycles. The van der Waals surface area contributed by atoms with Gasteiger partial charge in [0.05, 0.1) is 30.4 Å². The van der Waals surface area contributed by atoms with Gasteiger partial charge < -0.3 is 20.1 Å². The molecule has 9 nitrogen and oxygen atoms in total. The van der Waals surface area contributed by atoms with Crippen LogP contribution in [-0.2, 0) is 16.4 Å². The quantitative estimate of drug-likeness (QED) is 0.432. The number of ether oxygens (including phenoxy) is 2. The van der Waals surface area contributed by atoms with Crippen molar-refractivity contribution < 1.29 is 27.5 Å². The number of nitrogens with one attached hydrogen (secondary N) is 2. The Kier molecular flexibility index (Phi) is 8.68. The van der Waals surface area contributed by atoms with E-state index in [1.54, 1.807) is 44.6 Å². The first kappa shape index (κ1) is 26.7. The van der Waals surface area contributed by atoms with Crippen LogP contribution in [0.3, 0.4) is 0 Å². The second kappa shape index (κ2) is 11.7. The third-order valence-corrected chi connectivity index (χ3v) is 7.25. The van der Waals surface area contributed by atoms with Gasteiger partial charge in [-0.05, 0) is 54.4 Å². The Morgan fingerprint density at radius 1 is 0.861 bits per heavy atom. The fourth-order valence-electron chi connectivity index (χ4n) is 3.44. The molecule has 190 valence electrons. The maximum absolute atomic E-state index is 12.9. The minimum absolute atomic E-state index is 0.00124. The second-order valence-corrected chi connectivity index (χ2v) is 10.2. The number of amides is 2. The van der Waals surface area contributed by atoms with Gasteiger partial charge in [-0.3, -0.25) is 9.59 Å². The molecule has 0 saturated carbocycles. The molecule has 0 spiro atoms. The number of hydrogen-bond acceptors (Lipinski definition) is 6. The maximum Gasteiger partial charge on any atom is 0.255 e. The molecule has 0 heterocycles. The van der Waals surface area contributed by atoms with Gasteiger partial charge in [-0.2, -0.15) is 0 Å². The normalized spacial score (nSPS) is 11.1. The minimum Gasteiger partial charge on any atom is -0.493 e. The van der Waals surface area contributed by atoms with Crippen LogP contribution in [0.4, 0.5) is 5.69 Å². The van der Waals surface area contributed by atoms with Crippen molar-refractivity contribution in [2.45, 2.75) is 11.3 Å². The molecular weight excluding hydrogens is 482 g/mol. The highest BCUT2D eigenvalue weighted by Gasteiger charge is 2.20. The molecule has 0 radical (unpaired) electrons. The topological polar surface area (TPSA) is 114 Å². The van der Waals surface area contributed by atoms with Gasteiger partial charge in [0, 0.05) is 26.2 Å². The largest absolute Gasteiger partial charge is 0.493 e. The average molecular weight is 512 g/mol. The number of benzene rings is 3. The molecule has 36 heavy (non-hydrogen) atoms. The summed E-state index contributed by atoms with van der Waals surface area (Å²) in [6.45, 7) is 0.362. The van der Waals surface area contributed by atoms with Crippen molar-refractivity contribution in [3.8, 4) is 11.5 Å². The molecule has 0 fully saturated rings. The van der Waals surface area contributed by atoms with E-state index in [0.717, 1.165) is 9.87 Å². The molecule has 2 N–H and O–H groups in total. The van der Waals surface area contributed by atoms with E-state index >= 15 is 0 Å². The molecule has 3 aromatic rings. The summed E-state index contributed by atoms with van der Waals surface area (Å²) in [5, 5.41) is 5.57. The molecule has 0 saturated heterocycles. The predicted octanol–water partition coefficient (Wildman–Crippen LogP) is 3.18. The number of carbonyl (C=O) groups excluding carboxylic acids is 2. The van der Waals surface area contributed by atoms with Crippen molar-refractivity contribution in [1.29, 1.82) is 0 Å². The van der Waals surface area contributed by atoms with Gasteiger partial charge in [-0.25, -0.2) is 12.7 Å². The first-order chi connectivity index (χ1) is 17.2. The van der Waals surface area contributed by atoms with E-state index < -0.39 is 15.9 Å². The van der Waals surface area contributed by atoms with Gasteiger partial charge >= 0.3 is 0 Å². The monoisotopic (exact) mass is 511 g/mol. The molecule has 2 amide bonds. The van der Waals surface area contributed by atoms with Crippen LogP contribution in [0.2, 0.25) is 0 Å². The molecule has 0 aliphatic rings. The summed E-state index contributed by atoms with van der Waals surface area (Å²) in [6, 6.07) is 17.9. The van der Waals surface area contributed by atoms with Crippen LogP contribution >= 0.6 is 0 Å². The van der Waals surface area contributed by atoms with Crippen LogP contribution in [0.5, 0.6) is 11.5 Å². The van der Waals surface area contributed by atoms with Gasteiger partial charge in [-0.1, -0.05) is 24.3 Å². The zero-order valence-corrected chi connectivity index (χ0v) is 21.4. The lowest BCUT2D eigenvalue weighted by Gasteiger charge is -2.14. The highest BCUT2D eigenvalue weighted by molar-refractivity contribution is 7.89. The smallest absolute Gasteiger partial charge is 0.255 e. The van der Waals surface area contributed by atoms with Crippen LogP contribution in [0.15, 0.2) is 71.6 Å². The van der Waals surface area contributed by atoms with E-state index in [0.29, 0.717) is 30.2 Å². The number of rotatable bonds is 10. The van der Waals surface area contributed by atoms with Gasteiger partial charge in [-0.15, -0.1) is 0 Å². The molecule has 3 rings (SSSR count). The highest BCUT2D eigenvalue weighted by atomic mass is 32.2. The van der Waals surface area contributed by atoms with E-state index in [9.17, 15) is 18.0 Å². The van der Waals surface area contributed by atoms with E-state index in [1.807, 2.05) is 12.1 Å². The number of hydrogen-bond donors (Lipinski definition) is 2. The minimum atomic E-state index is -3.69. The number of methoxy groups -OCH3 is 2. The third-order valence-electron chi connectivity index (χ3n) is 5.44. The Hall–Kier alpha value is -3.89. The lowest BCUT2D eigenvalue weighted by molar-refractivity contribution is 0.0955. The van der Waals surface area contributed by atoms with Crippen LogP contribution in [0.1, 0.15) is 26.3 Å². The SMILES string of the molecule is COc1ccc(CCNC(=O)c2ccccc2NC(=O)c2cccc(S(=O)(=O)N(C)C)c2)cc1OC. The Balaban J connectivity index is 1.69. The molecule has 0 aromatic heterocycles. The predicted molar refractivity (Wildman–Crippen MR) is 137 cm³/mol. The van der Waals surface area contributed by atoms with Crippen LogP contribution < -0.4 is 20.1 Å². The Labute approximate surface area is 211 Å². The zero-order chi connectivity index (χ0) is 26.3. The highest BCUT2D eigenvalue weighted by Crippen LogP contribution is 2.27. The third kappa shape index (κ3) is 6.21. The van der Waals surface area contributed by atoms with E-state index in [4.69, 9.17) is 9.47 Å². The molecule has 0 aliphatic carbocycles. The number of anilines is 1. The number of carbonyl (C=O) groups is 2. The average Bonchev–Trinajstić information content (AvgIpc) is 2.88. The zero-order valence-electron chi connectivity index (χ0n) is 20.6. The molecular formula is C26H29N3O6S. The first-order valence-corrected chi connectivity index (χ1v) is 12.5. The Morgan fingerprint density at radius 3 is 2.28 bits per heavy atom. The first-order valence-electron chi connectivity index (χ1n) is 11.1. The van der Waals surface area contributed by atoms with Crippen molar-refractivity contribution in [3.05, 3.63) is 83.4 Å². The van der Waals surface area contributed by atoms with Crippen LogP contribution in [-0.4, -0.2) is 59.4 Å². The molecule has 0 bridgehead atoms. The fraction of sp³-hybridized carbons (Fsp3) is 0.231. The summed E-state index contributed by atoms with van der Waals surface area (Å²) in [4.78, 5) is 25.7. The Morgan fingerprint density at radius 2 is 1.58 bits per heavy atom. The maximum atomic E-state index is 12.9. The van der Waals surface area contributed by atoms with Gasteiger partial charge in [0.2, 0.25) is 10.0 Å². The van der Waals surface area contributed by atoms with E-state index in [1.165, 1.54) is 38.4 Å². The molecule has 0 unspecified atom stereocenters. The van der Waals surface area contributed by atoms with E-state index in [2.05, 4.69) is 10.6 Å². The summed E-state index contributed by atoms with van der Waals surface area (Å²) in [7, 11) is 2.27. The molecule has 3 aromatic carbocycles. The van der Waals surface area contributed by atoms with Crippen LogP contribution in [0, 0.1) is 0 Å². The number of sulfonamides is 1. The Bertz CT molecular complexity index is 1360. The summed E-state index contributed by atoms with van der Waals surface area (Å²) < 4.78 is 36.4. The van der Waals surface area contributed by atoms with Gasteiger partial charge in [0.15, 0.2) is 11.5 Å². The number of nitrogens with zero attached hydrogens (tertiary/aromatic N) is 1. The van der Waals surface area contributed by atoms with Crippen molar-refractivity contribution in [2.75, 3.05) is 40.2 Å². The fourth-order valence-corrected chi connectivity index (χ4v) is 4.39. The van der Waals surface area contributed by atoms with Crippen molar-refractivity contribution in [2.24, 2.45) is 0 Å². The van der Waals surface area contributed by atoms with Crippen molar-refractivity contribution in [1.82, 2.24) is 9.62 Å². The summed E-state index contributed by atoms with van der Waals surface area (Å²) in [5.41, 5.74) is 1.71. The summed E-state index contributed by atoms with van der Waals surface area (Å²) in [5.74, 6) is 0.350. The summed E-state index contributed by atoms with van der Waals surface area (Å²) in [6.07, 6.45) is 0.563.